The minimum atomic E-state index is -3.55. The monoisotopic (exact) mass is 321 g/mol. The van der Waals surface area contributed by atoms with E-state index in [2.05, 4.69) is 4.72 Å². The van der Waals surface area contributed by atoms with Gasteiger partial charge in [-0.3, -0.25) is 4.79 Å². The predicted octanol–water partition coefficient (Wildman–Crippen LogP) is 0.0792. The second kappa shape index (κ2) is 8.07. The molecule has 1 rings (SSSR count). The summed E-state index contributed by atoms with van der Waals surface area (Å²) in [7, 11) is -3.55. The summed E-state index contributed by atoms with van der Waals surface area (Å²) in [5.41, 5.74) is 5.60. The van der Waals surface area contributed by atoms with E-state index in [4.69, 9.17) is 10.5 Å². The molecule has 1 atom stereocenters. The zero-order chi connectivity index (χ0) is 16.0. The summed E-state index contributed by atoms with van der Waals surface area (Å²) in [4.78, 5) is 11.6. The predicted molar refractivity (Wildman–Crippen MR) is 80.7 cm³/mol. The molecular formula is C13H27N3O4S. The zero-order valence-electron chi connectivity index (χ0n) is 13.0. The highest BCUT2D eigenvalue weighted by atomic mass is 32.2. The first-order valence-corrected chi connectivity index (χ1v) is 8.89. The van der Waals surface area contributed by atoms with E-state index < -0.39 is 10.2 Å². The number of hydrogen-bond donors (Lipinski definition) is 2. The average Bonchev–Trinajstić information content (AvgIpc) is 2.45. The normalized spacial score (nSPS) is 19.7. The number of esters is 1. The lowest BCUT2D eigenvalue weighted by atomic mass is 9.98. The number of nitrogens with zero attached hydrogens (tertiary/aromatic N) is 1. The van der Waals surface area contributed by atoms with Gasteiger partial charge in [0.1, 0.15) is 0 Å². The Morgan fingerprint density at radius 1 is 1.38 bits per heavy atom. The van der Waals surface area contributed by atoms with Crippen molar-refractivity contribution in [3.05, 3.63) is 0 Å². The Labute approximate surface area is 127 Å². The summed E-state index contributed by atoms with van der Waals surface area (Å²) in [6.45, 7) is 6.88. The van der Waals surface area contributed by atoms with Crippen molar-refractivity contribution >= 4 is 16.2 Å². The van der Waals surface area contributed by atoms with Gasteiger partial charge in [0.2, 0.25) is 0 Å². The third-order valence-electron chi connectivity index (χ3n) is 3.77. The number of ether oxygens (including phenoxy) is 1. The fourth-order valence-corrected chi connectivity index (χ4v) is 3.91. The summed E-state index contributed by atoms with van der Waals surface area (Å²) in [6.07, 6.45) is 0.990. The quantitative estimate of drug-likeness (QED) is 0.647. The number of carbonyl (C=O) groups excluding carboxylic acids is 1. The molecule has 1 aliphatic rings. The van der Waals surface area contributed by atoms with Crippen molar-refractivity contribution < 1.29 is 17.9 Å². The van der Waals surface area contributed by atoms with E-state index in [1.165, 1.54) is 4.31 Å². The molecule has 8 heteroatoms. The van der Waals surface area contributed by atoms with E-state index in [1.54, 1.807) is 6.92 Å². The van der Waals surface area contributed by atoms with Gasteiger partial charge in [0.05, 0.1) is 12.5 Å². The minimum absolute atomic E-state index is 0.127. The Kier molecular flexibility index (Phi) is 7.05. The van der Waals surface area contributed by atoms with Crippen LogP contribution in [0.4, 0.5) is 0 Å². The van der Waals surface area contributed by atoms with Crippen LogP contribution in [0.3, 0.4) is 0 Å². The Hall–Kier alpha value is -0.700. The zero-order valence-corrected chi connectivity index (χ0v) is 13.9. The fourth-order valence-electron chi connectivity index (χ4n) is 2.31. The molecule has 1 aliphatic heterocycles. The molecule has 7 nitrogen and oxygen atoms in total. The molecule has 1 fully saturated rings. The SMILES string of the molecule is CCOC(=O)C1CCN(S(=O)(=O)NC(CN)C(C)C)CC1. The molecule has 21 heavy (non-hydrogen) atoms. The third-order valence-corrected chi connectivity index (χ3v) is 5.42. The molecule has 0 amide bonds. The van der Waals surface area contributed by atoms with Crippen LogP contribution in [0, 0.1) is 11.8 Å². The lowest BCUT2D eigenvalue weighted by molar-refractivity contribution is -0.149. The van der Waals surface area contributed by atoms with Gasteiger partial charge in [-0.15, -0.1) is 0 Å². The number of carbonyl (C=O) groups is 1. The second-order valence-electron chi connectivity index (χ2n) is 5.63. The number of piperidine rings is 1. The Morgan fingerprint density at radius 2 is 1.95 bits per heavy atom. The Morgan fingerprint density at radius 3 is 2.38 bits per heavy atom. The molecule has 0 saturated carbocycles. The van der Waals surface area contributed by atoms with Crippen molar-refractivity contribution in [2.45, 2.75) is 39.7 Å². The van der Waals surface area contributed by atoms with Gasteiger partial charge in [-0.05, 0) is 25.7 Å². The van der Waals surface area contributed by atoms with E-state index in [9.17, 15) is 13.2 Å². The van der Waals surface area contributed by atoms with E-state index in [1.807, 2.05) is 13.8 Å². The first-order valence-electron chi connectivity index (χ1n) is 7.45. The van der Waals surface area contributed by atoms with Crippen LogP contribution < -0.4 is 10.5 Å². The van der Waals surface area contributed by atoms with Crippen molar-refractivity contribution in [3.63, 3.8) is 0 Å². The van der Waals surface area contributed by atoms with Crippen LogP contribution in [0.2, 0.25) is 0 Å². The molecule has 0 aliphatic carbocycles. The van der Waals surface area contributed by atoms with Crippen LogP contribution in [0.1, 0.15) is 33.6 Å². The van der Waals surface area contributed by atoms with Gasteiger partial charge < -0.3 is 10.5 Å². The molecular weight excluding hydrogens is 294 g/mol. The van der Waals surface area contributed by atoms with E-state index in [0.717, 1.165) is 0 Å². The molecule has 0 aromatic rings. The Balaban J connectivity index is 2.58. The molecule has 0 bridgehead atoms. The molecule has 0 aromatic heterocycles. The van der Waals surface area contributed by atoms with Gasteiger partial charge in [0, 0.05) is 25.7 Å². The van der Waals surface area contributed by atoms with Crippen molar-refractivity contribution in [2.75, 3.05) is 26.2 Å². The third kappa shape index (κ3) is 5.21. The van der Waals surface area contributed by atoms with Gasteiger partial charge in [0.15, 0.2) is 0 Å². The van der Waals surface area contributed by atoms with Gasteiger partial charge in [0.25, 0.3) is 10.2 Å². The fraction of sp³-hybridized carbons (Fsp3) is 0.923. The minimum Gasteiger partial charge on any atom is -0.466 e. The summed E-state index contributed by atoms with van der Waals surface area (Å²) >= 11 is 0. The van der Waals surface area contributed by atoms with Crippen molar-refractivity contribution in [2.24, 2.45) is 17.6 Å². The molecule has 0 spiro atoms. The van der Waals surface area contributed by atoms with Gasteiger partial charge in [-0.1, -0.05) is 13.8 Å². The van der Waals surface area contributed by atoms with Crippen molar-refractivity contribution in [1.29, 1.82) is 0 Å². The van der Waals surface area contributed by atoms with Crippen molar-refractivity contribution in [1.82, 2.24) is 9.03 Å². The van der Waals surface area contributed by atoms with E-state index >= 15 is 0 Å². The smallest absolute Gasteiger partial charge is 0.309 e. The number of nitrogens with one attached hydrogen (secondary N) is 1. The maximum absolute atomic E-state index is 12.3. The van der Waals surface area contributed by atoms with Crippen LogP contribution in [-0.2, 0) is 19.7 Å². The Bertz CT molecular complexity index is 431. The summed E-state index contributed by atoms with van der Waals surface area (Å²) in [6, 6.07) is -0.280. The van der Waals surface area contributed by atoms with Gasteiger partial charge in [-0.25, -0.2) is 0 Å². The topological polar surface area (TPSA) is 102 Å². The number of nitrogens with two attached hydrogens (primary N) is 1. The highest BCUT2D eigenvalue weighted by molar-refractivity contribution is 7.87. The molecule has 0 radical (unpaired) electrons. The summed E-state index contributed by atoms with van der Waals surface area (Å²) in [5.74, 6) is -0.307. The standard InChI is InChI=1S/C13H27N3O4S/c1-4-20-13(17)11-5-7-16(8-6-11)21(18,19)15-12(9-14)10(2)3/h10-12,15H,4-9,14H2,1-3H3. The van der Waals surface area contributed by atoms with Gasteiger partial charge >= 0.3 is 5.97 Å². The molecule has 124 valence electrons. The van der Waals surface area contributed by atoms with Crippen molar-refractivity contribution in [3.8, 4) is 0 Å². The number of rotatable bonds is 7. The van der Waals surface area contributed by atoms with Crippen LogP contribution in [0.15, 0.2) is 0 Å². The summed E-state index contributed by atoms with van der Waals surface area (Å²) < 4.78 is 33.6. The highest BCUT2D eigenvalue weighted by Crippen LogP contribution is 2.20. The first kappa shape index (κ1) is 18.3. The van der Waals surface area contributed by atoms with E-state index in [-0.39, 0.29) is 30.4 Å². The van der Waals surface area contributed by atoms with Crippen LogP contribution in [-0.4, -0.2) is 51.0 Å². The largest absolute Gasteiger partial charge is 0.466 e. The maximum atomic E-state index is 12.3. The molecule has 3 N–H and O–H groups in total. The van der Waals surface area contributed by atoms with Crippen LogP contribution in [0.5, 0.6) is 0 Å². The van der Waals surface area contributed by atoms with Crippen LogP contribution in [0.25, 0.3) is 0 Å². The lowest BCUT2D eigenvalue weighted by Gasteiger charge is -2.32. The molecule has 1 heterocycles. The summed E-state index contributed by atoms with van der Waals surface area (Å²) in [5, 5.41) is 0. The molecule has 1 unspecified atom stereocenters. The van der Waals surface area contributed by atoms with Crippen LogP contribution >= 0.6 is 0 Å². The molecule has 0 aromatic carbocycles. The molecule has 1 saturated heterocycles. The first-order chi connectivity index (χ1) is 9.81. The van der Waals surface area contributed by atoms with Gasteiger partial charge in [-0.2, -0.15) is 17.4 Å². The average molecular weight is 321 g/mol. The van der Waals surface area contributed by atoms with E-state index in [0.29, 0.717) is 32.5 Å². The lowest BCUT2D eigenvalue weighted by Crippen LogP contribution is -2.52. The highest BCUT2D eigenvalue weighted by Gasteiger charge is 2.33. The number of hydrogen-bond acceptors (Lipinski definition) is 5. The second-order valence-corrected chi connectivity index (χ2v) is 7.34. The maximum Gasteiger partial charge on any atom is 0.309 e.